The molecule has 0 bridgehead atoms. The Morgan fingerprint density at radius 1 is 1.04 bits per heavy atom. The minimum atomic E-state index is -0.465. The molecule has 1 aromatic carbocycles. The van der Waals surface area contributed by atoms with Gasteiger partial charge in [0, 0.05) is 23.9 Å². The van der Waals surface area contributed by atoms with E-state index >= 15 is 0 Å². The first-order valence-electron chi connectivity index (χ1n) is 8.06. The van der Waals surface area contributed by atoms with E-state index in [4.69, 9.17) is 0 Å². The highest BCUT2D eigenvalue weighted by Crippen LogP contribution is 2.49. The number of nitrogens with zero attached hydrogens (tertiary/aromatic N) is 3. The van der Waals surface area contributed by atoms with Gasteiger partial charge in [0.05, 0.1) is 30.4 Å². The van der Waals surface area contributed by atoms with Crippen LogP contribution < -0.4 is 0 Å². The van der Waals surface area contributed by atoms with Crippen LogP contribution in [0, 0.1) is 5.92 Å². The number of aryl methyl sites for hydroxylation is 1. The summed E-state index contributed by atoms with van der Waals surface area (Å²) in [6, 6.07) is 10.6. The van der Waals surface area contributed by atoms with Crippen molar-refractivity contribution in [1.29, 1.82) is 0 Å². The molecule has 5 rings (SSSR count). The fourth-order valence-corrected chi connectivity index (χ4v) is 4.29. The molecule has 1 N–H and O–H groups in total. The van der Waals surface area contributed by atoms with Gasteiger partial charge in [0.25, 0.3) is 0 Å². The summed E-state index contributed by atoms with van der Waals surface area (Å²) in [6.07, 6.45) is 8.94. The van der Waals surface area contributed by atoms with Crippen LogP contribution in [-0.4, -0.2) is 19.6 Å². The Labute approximate surface area is 134 Å². The van der Waals surface area contributed by atoms with Crippen molar-refractivity contribution in [2.24, 2.45) is 5.92 Å². The van der Waals surface area contributed by atoms with Gasteiger partial charge in [-0.05, 0) is 35.6 Å². The summed E-state index contributed by atoms with van der Waals surface area (Å²) in [7, 11) is 0. The van der Waals surface area contributed by atoms with E-state index in [9.17, 15) is 5.11 Å². The van der Waals surface area contributed by atoms with Crippen LogP contribution in [0.4, 0.5) is 0 Å². The van der Waals surface area contributed by atoms with Crippen LogP contribution in [0.3, 0.4) is 0 Å². The fraction of sp³-hybridized carbons (Fsp3) is 0.263. The predicted octanol–water partition coefficient (Wildman–Crippen LogP) is 3.14. The molecule has 0 spiro atoms. The van der Waals surface area contributed by atoms with Crippen LogP contribution >= 0.6 is 0 Å². The van der Waals surface area contributed by atoms with Crippen LogP contribution in [0.25, 0.3) is 11.3 Å². The van der Waals surface area contributed by atoms with Crippen molar-refractivity contribution in [3.8, 4) is 11.3 Å². The molecule has 114 valence electrons. The summed E-state index contributed by atoms with van der Waals surface area (Å²) in [4.78, 5) is 8.52. The van der Waals surface area contributed by atoms with Gasteiger partial charge in [-0.2, -0.15) is 0 Å². The molecule has 0 amide bonds. The van der Waals surface area contributed by atoms with Crippen molar-refractivity contribution in [3.63, 3.8) is 0 Å². The second kappa shape index (κ2) is 4.77. The third-order valence-electron chi connectivity index (χ3n) is 5.34. The van der Waals surface area contributed by atoms with E-state index in [1.54, 1.807) is 6.20 Å². The Hall–Kier alpha value is -2.46. The molecule has 3 heterocycles. The van der Waals surface area contributed by atoms with Gasteiger partial charge in [0.15, 0.2) is 0 Å². The maximum Gasteiger partial charge on any atom is 0.0956 e. The topological polar surface area (TPSA) is 50.9 Å². The lowest BCUT2D eigenvalue weighted by molar-refractivity contribution is 0.0718. The van der Waals surface area contributed by atoms with Gasteiger partial charge in [-0.3, -0.25) is 4.98 Å². The quantitative estimate of drug-likeness (QED) is 0.751. The van der Waals surface area contributed by atoms with Crippen LogP contribution in [-0.2, 0) is 6.42 Å². The molecule has 1 unspecified atom stereocenters. The first kappa shape index (κ1) is 13.0. The Morgan fingerprint density at radius 2 is 1.96 bits per heavy atom. The zero-order chi connectivity index (χ0) is 15.4. The SMILES string of the molecule is O[C@H]1c2ccncc2CC[C@@H]1C1c2ccccc2-c2cncn21. The predicted molar refractivity (Wildman–Crippen MR) is 86.8 cm³/mol. The van der Waals surface area contributed by atoms with Gasteiger partial charge in [0.2, 0.25) is 0 Å². The summed E-state index contributed by atoms with van der Waals surface area (Å²) < 4.78 is 2.23. The van der Waals surface area contributed by atoms with Crippen LogP contribution in [0.2, 0.25) is 0 Å². The minimum Gasteiger partial charge on any atom is -0.388 e. The lowest BCUT2D eigenvalue weighted by Crippen LogP contribution is -2.28. The number of aliphatic hydroxyl groups excluding tert-OH is 1. The maximum atomic E-state index is 11.0. The number of aromatic nitrogens is 3. The van der Waals surface area contributed by atoms with Crippen LogP contribution in [0.5, 0.6) is 0 Å². The molecule has 1 aliphatic heterocycles. The molecule has 23 heavy (non-hydrogen) atoms. The second-order valence-corrected chi connectivity index (χ2v) is 6.44. The first-order chi connectivity index (χ1) is 11.3. The number of hydrogen-bond donors (Lipinski definition) is 1. The van der Waals surface area contributed by atoms with Crippen molar-refractivity contribution < 1.29 is 5.11 Å². The Morgan fingerprint density at radius 3 is 2.91 bits per heavy atom. The molecule has 0 saturated heterocycles. The molecule has 3 atom stereocenters. The molecule has 4 heteroatoms. The number of pyridine rings is 1. The highest BCUT2D eigenvalue weighted by atomic mass is 16.3. The Kier molecular flexibility index (Phi) is 2.70. The van der Waals surface area contributed by atoms with Crippen molar-refractivity contribution in [1.82, 2.24) is 14.5 Å². The summed E-state index contributed by atoms with van der Waals surface area (Å²) in [5, 5.41) is 11.0. The molecule has 0 radical (unpaired) electrons. The monoisotopic (exact) mass is 303 g/mol. The van der Waals surface area contributed by atoms with Gasteiger partial charge in [-0.25, -0.2) is 4.98 Å². The highest BCUT2D eigenvalue weighted by molar-refractivity contribution is 5.69. The van der Waals surface area contributed by atoms with Gasteiger partial charge in [-0.15, -0.1) is 0 Å². The average Bonchev–Trinajstić information content (AvgIpc) is 3.17. The van der Waals surface area contributed by atoms with E-state index in [1.165, 1.54) is 16.7 Å². The van der Waals surface area contributed by atoms with E-state index in [0.717, 1.165) is 24.1 Å². The van der Waals surface area contributed by atoms with Crippen LogP contribution in [0.1, 0.15) is 35.3 Å². The van der Waals surface area contributed by atoms with Gasteiger partial charge in [-0.1, -0.05) is 24.3 Å². The first-order valence-corrected chi connectivity index (χ1v) is 8.06. The number of fused-ring (bicyclic) bond motifs is 4. The normalized spacial score (nSPS) is 24.8. The zero-order valence-electron chi connectivity index (χ0n) is 12.6. The fourth-order valence-electron chi connectivity index (χ4n) is 4.29. The van der Waals surface area contributed by atoms with E-state index in [0.29, 0.717) is 0 Å². The Bertz CT molecular complexity index is 886. The maximum absolute atomic E-state index is 11.0. The highest BCUT2D eigenvalue weighted by Gasteiger charge is 2.40. The minimum absolute atomic E-state index is 0.153. The third kappa shape index (κ3) is 1.75. The number of hydrogen-bond acceptors (Lipinski definition) is 3. The average molecular weight is 303 g/mol. The number of aliphatic hydroxyl groups is 1. The number of benzene rings is 1. The van der Waals surface area contributed by atoms with Crippen molar-refractivity contribution in [3.05, 3.63) is 71.9 Å². The zero-order valence-corrected chi connectivity index (χ0v) is 12.6. The lowest BCUT2D eigenvalue weighted by atomic mass is 9.76. The van der Waals surface area contributed by atoms with Crippen LogP contribution in [0.15, 0.2) is 55.2 Å². The van der Waals surface area contributed by atoms with E-state index in [-0.39, 0.29) is 12.0 Å². The molecule has 0 saturated carbocycles. The van der Waals surface area contributed by atoms with Gasteiger partial charge < -0.3 is 9.67 Å². The van der Waals surface area contributed by atoms with Gasteiger partial charge >= 0.3 is 0 Å². The van der Waals surface area contributed by atoms with E-state index in [2.05, 4.69) is 38.8 Å². The molecular formula is C19H17N3O. The molecule has 2 aromatic heterocycles. The third-order valence-corrected chi connectivity index (χ3v) is 5.34. The van der Waals surface area contributed by atoms with Gasteiger partial charge in [0.1, 0.15) is 0 Å². The molecular weight excluding hydrogens is 286 g/mol. The van der Waals surface area contributed by atoms with Crippen molar-refractivity contribution in [2.75, 3.05) is 0 Å². The molecule has 0 fully saturated rings. The summed E-state index contributed by atoms with van der Waals surface area (Å²) in [5.74, 6) is 0.154. The largest absolute Gasteiger partial charge is 0.388 e. The smallest absolute Gasteiger partial charge is 0.0956 e. The Balaban J connectivity index is 1.64. The van der Waals surface area contributed by atoms with E-state index in [1.807, 2.05) is 24.8 Å². The number of imidazole rings is 1. The summed E-state index contributed by atoms with van der Waals surface area (Å²) in [6.45, 7) is 0. The van der Waals surface area contributed by atoms with E-state index < -0.39 is 6.10 Å². The second-order valence-electron chi connectivity index (χ2n) is 6.44. The lowest BCUT2D eigenvalue weighted by Gasteiger charge is -2.35. The molecule has 1 aliphatic carbocycles. The van der Waals surface area contributed by atoms with Crippen molar-refractivity contribution in [2.45, 2.75) is 25.0 Å². The molecule has 3 aromatic rings. The standard InChI is InChI=1S/C19H17N3O/c23-19-13-7-8-20-9-12(13)5-6-16(19)18-15-4-2-1-3-14(15)17-10-21-11-22(17)18/h1-4,7-11,16,18-19,23H,5-6H2/t16-,18?,19+/m1/s1. The molecule has 4 nitrogen and oxygen atoms in total. The summed E-state index contributed by atoms with van der Waals surface area (Å²) >= 11 is 0. The van der Waals surface area contributed by atoms with Crippen molar-refractivity contribution >= 4 is 0 Å². The molecule has 2 aliphatic rings. The summed E-state index contributed by atoms with van der Waals surface area (Å²) in [5.41, 5.74) is 5.89. The number of rotatable bonds is 1.